The van der Waals surface area contributed by atoms with Crippen molar-refractivity contribution in [2.75, 3.05) is 14.2 Å². The van der Waals surface area contributed by atoms with E-state index in [2.05, 4.69) is 14.6 Å². The summed E-state index contributed by atoms with van der Waals surface area (Å²) in [5, 5.41) is 3.84. The molecule has 0 saturated carbocycles. The van der Waals surface area contributed by atoms with E-state index in [4.69, 9.17) is 0 Å². The van der Waals surface area contributed by atoms with Crippen LogP contribution in [0, 0.1) is 6.92 Å². The Morgan fingerprint density at radius 1 is 1.10 bits per heavy atom. The van der Waals surface area contributed by atoms with E-state index in [1.807, 2.05) is 0 Å². The van der Waals surface area contributed by atoms with E-state index in [-0.39, 0.29) is 17.0 Å². The van der Waals surface area contributed by atoms with Crippen molar-refractivity contribution in [1.82, 2.24) is 9.78 Å². The van der Waals surface area contributed by atoms with Gasteiger partial charge in [-0.25, -0.2) is 9.59 Å². The van der Waals surface area contributed by atoms with Crippen LogP contribution in [0.2, 0.25) is 0 Å². The lowest BCUT2D eigenvalue weighted by molar-refractivity contribution is 0.0551. The molecule has 0 atom stereocenters. The van der Waals surface area contributed by atoms with E-state index < -0.39 is 17.8 Å². The molecule has 0 N–H and O–H groups in total. The van der Waals surface area contributed by atoms with E-state index in [0.717, 1.165) is 11.8 Å². The number of carbonyl (C=O) groups excluding carboxylic acids is 3. The van der Waals surface area contributed by atoms with Crippen LogP contribution >= 0.6 is 0 Å². The molecular weight excluding hydrogens is 276 g/mol. The minimum Gasteiger partial charge on any atom is -0.465 e. The standard InChI is InChI=1S/C14H16N2O5/c1-5-6-7-8-10(17)16-9(2)11(13(18)20-3)12(15-16)14(19)21-4/h5-8H,1-4H3/b6-5+,8-7+. The Labute approximate surface area is 121 Å². The molecule has 1 aromatic heterocycles. The number of hydrogen-bond donors (Lipinski definition) is 0. The van der Waals surface area contributed by atoms with Crippen molar-refractivity contribution in [3.05, 3.63) is 41.3 Å². The third-order valence-electron chi connectivity index (χ3n) is 2.64. The van der Waals surface area contributed by atoms with Crippen molar-refractivity contribution < 1.29 is 23.9 Å². The van der Waals surface area contributed by atoms with Crippen LogP contribution < -0.4 is 0 Å². The van der Waals surface area contributed by atoms with Gasteiger partial charge in [0.05, 0.1) is 19.9 Å². The van der Waals surface area contributed by atoms with E-state index >= 15 is 0 Å². The molecule has 1 rings (SSSR count). The predicted octanol–water partition coefficient (Wildman–Crippen LogP) is 1.54. The van der Waals surface area contributed by atoms with Gasteiger partial charge < -0.3 is 9.47 Å². The molecule has 0 aliphatic heterocycles. The minimum atomic E-state index is -0.817. The van der Waals surface area contributed by atoms with Crippen molar-refractivity contribution in [2.24, 2.45) is 0 Å². The topological polar surface area (TPSA) is 87.5 Å². The van der Waals surface area contributed by atoms with Crippen LogP contribution in [0.1, 0.15) is 38.3 Å². The van der Waals surface area contributed by atoms with E-state index in [0.29, 0.717) is 0 Å². The predicted molar refractivity (Wildman–Crippen MR) is 74.2 cm³/mol. The van der Waals surface area contributed by atoms with Crippen LogP contribution in [0.3, 0.4) is 0 Å². The zero-order chi connectivity index (χ0) is 16.0. The van der Waals surface area contributed by atoms with Gasteiger partial charge in [0.1, 0.15) is 5.56 Å². The third-order valence-corrected chi connectivity index (χ3v) is 2.64. The van der Waals surface area contributed by atoms with Crippen molar-refractivity contribution in [3.63, 3.8) is 0 Å². The highest BCUT2D eigenvalue weighted by Gasteiger charge is 2.28. The Kier molecular flexibility index (Phi) is 5.59. The molecular formula is C14H16N2O5. The van der Waals surface area contributed by atoms with Crippen molar-refractivity contribution in [3.8, 4) is 0 Å². The summed E-state index contributed by atoms with van der Waals surface area (Å²) in [5.41, 5.74) is -0.135. The summed E-state index contributed by atoms with van der Waals surface area (Å²) >= 11 is 0. The molecule has 21 heavy (non-hydrogen) atoms. The van der Waals surface area contributed by atoms with Crippen LogP contribution in [0.25, 0.3) is 0 Å². The maximum Gasteiger partial charge on any atom is 0.359 e. The molecule has 0 radical (unpaired) electrons. The van der Waals surface area contributed by atoms with Crippen LogP contribution in [-0.2, 0) is 9.47 Å². The number of esters is 2. The summed E-state index contributed by atoms with van der Waals surface area (Å²) in [7, 11) is 2.33. The average Bonchev–Trinajstić information content (AvgIpc) is 2.83. The number of carbonyl (C=O) groups is 3. The first-order valence-corrected chi connectivity index (χ1v) is 6.07. The zero-order valence-corrected chi connectivity index (χ0v) is 12.2. The molecule has 0 fully saturated rings. The highest BCUT2D eigenvalue weighted by Crippen LogP contribution is 2.16. The molecule has 1 heterocycles. The highest BCUT2D eigenvalue weighted by molar-refractivity contribution is 6.04. The van der Waals surface area contributed by atoms with Gasteiger partial charge >= 0.3 is 11.9 Å². The zero-order valence-electron chi connectivity index (χ0n) is 12.2. The maximum absolute atomic E-state index is 12.0. The highest BCUT2D eigenvalue weighted by atomic mass is 16.5. The second-order valence-corrected chi connectivity index (χ2v) is 3.93. The Morgan fingerprint density at radius 3 is 2.24 bits per heavy atom. The number of ether oxygens (including phenoxy) is 2. The number of rotatable bonds is 4. The van der Waals surface area contributed by atoms with E-state index in [9.17, 15) is 14.4 Å². The summed E-state index contributed by atoms with van der Waals surface area (Å²) < 4.78 is 10.1. The van der Waals surface area contributed by atoms with Crippen molar-refractivity contribution in [2.45, 2.75) is 13.8 Å². The van der Waals surface area contributed by atoms with Gasteiger partial charge in [-0.05, 0) is 13.8 Å². The van der Waals surface area contributed by atoms with Gasteiger partial charge in [-0.3, -0.25) is 4.79 Å². The molecule has 0 aliphatic rings. The molecule has 0 spiro atoms. The molecule has 0 aromatic carbocycles. The lowest BCUT2D eigenvalue weighted by Gasteiger charge is -2.00. The van der Waals surface area contributed by atoms with Crippen LogP contribution in [0.4, 0.5) is 0 Å². The van der Waals surface area contributed by atoms with Gasteiger partial charge in [0.2, 0.25) is 0 Å². The number of hydrogen-bond acceptors (Lipinski definition) is 6. The summed E-state index contributed by atoms with van der Waals surface area (Å²) in [4.78, 5) is 35.4. The summed E-state index contributed by atoms with van der Waals surface area (Å²) in [5.74, 6) is -2.07. The second-order valence-electron chi connectivity index (χ2n) is 3.93. The van der Waals surface area contributed by atoms with E-state index in [1.54, 1.807) is 19.1 Å². The Morgan fingerprint density at radius 2 is 1.71 bits per heavy atom. The molecule has 7 nitrogen and oxygen atoms in total. The van der Waals surface area contributed by atoms with E-state index in [1.165, 1.54) is 26.2 Å². The Hall–Kier alpha value is -2.70. The quantitative estimate of drug-likeness (QED) is 0.475. The fraction of sp³-hybridized carbons (Fsp3) is 0.286. The molecule has 0 bridgehead atoms. The first kappa shape index (κ1) is 16.4. The first-order valence-electron chi connectivity index (χ1n) is 6.07. The normalized spacial score (nSPS) is 11.0. The van der Waals surface area contributed by atoms with Crippen molar-refractivity contribution in [1.29, 1.82) is 0 Å². The summed E-state index contributed by atoms with van der Waals surface area (Å²) in [6.45, 7) is 3.30. The number of methoxy groups -OCH3 is 2. The van der Waals surface area contributed by atoms with Gasteiger partial charge in [0, 0.05) is 6.08 Å². The largest absolute Gasteiger partial charge is 0.465 e. The molecule has 0 aliphatic carbocycles. The van der Waals surface area contributed by atoms with Gasteiger partial charge in [-0.2, -0.15) is 9.78 Å². The lowest BCUT2D eigenvalue weighted by atomic mass is 10.2. The lowest BCUT2D eigenvalue weighted by Crippen LogP contribution is -2.12. The average molecular weight is 292 g/mol. The Bertz CT molecular complexity index is 626. The monoisotopic (exact) mass is 292 g/mol. The molecule has 0 amide bonds. The number of aromatic nitrogens is 2. The second kappa shape index (κ2) is 7.18. The van der Waals surface area contributed by atoms with Crippen molar-refractivity contribution >= 4 is 17.8 Å². The van der Waals surface area contributed by atoms with Crippen LogP contribution in [0.15, 0.2) is 24.3 Å². The fourth-order valence-electron chi connectivity index (χ4n) is 1.62. The molecule has 1 aromatic rings. The summed E-state index contributed by atoms with van der Waals surface area (Å²) in [6.07, 6.45) is 6.21. The van der Waals surface area contributed by atoms with Gasteiger partial charge in [0.15, 0.2) is 5.69 Å². The molecule has 0 saturated heterocycles. The number of allylic oxidation sites excluding steroid dienone is 4. The van der Waals surface area contributed by atoms with Gasteiger partial charge in [0.25, 0.3) is 5.91 Å². The van der Waals surface area contributed by atoms with Crippen LogP contribution in [-0.4, -0.2) is 41.8 Å². The Balaban J connectivity index is 3.36. The SMILES string of the molecule is C/C=C/C=C/C(=O)n1nc(C(=O)OC)c(C(=O)OC)c1C. The fourth-order valence-corrected chi connectivity index (χ4v) is 1.62. The summed E-state index contributed by atoms with van der Waals surface area (Å²) in [6, 6.07) is 0. The maximum atomic E-state index is 12.0. The molecule has 0 unspecified atom stereocenters. The van der Waals surface area contributed by atoms with Crippen LogP contribution in [0.5, 0.6) is 0 Å². The van der Waals surface area contributed by atoms with Gasteiger partial charge in [-0.15, -0.1) is 0 Å². The smallest absolute Gasteiger partial charge is 0.359 e. The first-order chi connectivity index (χ1) is 9.97. The van der Waals surface area contributed by atoms with Gasteiger partial charge in [-0.1, -0.05) is 18.2 Å². The minimum absolute atomic E-state index is 0.0860. The molecule has 7 heteroatoms. The molecule has 112 valence electrons. The third kappa shape index (κ3) is 3.44. The number of nitrogens with zero attached hydrogens (tertiary/aromatic N) is 2.